The fraction of sp³-hybridized carbons (Fsp3) is 0.381. The van der Waals surface area contributed by atoms with Gasteiger partial charge in [0.15, 0.2) is 0 Å². The first-order valence-corrected chi connectivity index (χ1v) is 9.27. The number of aliphatic hydroxyl groups is 1. The molecular weight excluding hydrogens is 363 g/mol. The standard InChI is InChI=1S/C21H25FN2O4/c1-27-19-6-2-16(3-7-19)21(26)24-12-10-23(11-13-24)14-18(25)15-28-20-8-4-17(22)5-9-20/h2-9,18,25H,10-15H2,1H3. The highest BCUT2D eigenvalue weighted by atomic mass is 19.1. The largest absolute Gasteiger partial charge is 0.497 e. The lowest BCUT2D eigenvalue weighted by Crippen LogP contribution is -2.50. The molecule has 150 valence electrons. The molecule has 0 bridgehead atoms. The number of hydrogen-bond donors (Lipinski definition) is 1. The molecule has 1 fully saturated rings. The molecule has 1 aliphatic heterocycles. The Labute approximate surface area is 164 Å². The van der Waals surface area contributed by atoms with E-state index in [1.165, 1.54) is 24.3 Å². The summed E-state index contributed by atoms with van der Waals surface area (Å²) in [5.74, 6) is 0.922. The Morgan fingerprint density at radius 1 is 1.04 bits per heavy atom. The van der Waals surface area contributed by atoms with Crippen LogP contribution in [0.25, 0.3) is 0 Å². The zero-order chi connectivity index (χ0) is 19.9. The van der Waals surface area contributed by atoms with Crippen LogP contribution in [0.1, 0.15) is 10.4 Å². The van der Waals surface area contributed by atoms with E-state index >= 15 is 0 Å². The molecule has 2 aromatic carbocycles. The summed E-state index contributed by atoms with van der Waals surface area (Å²) >= 11 is 0. The first kappa shape index (κ1) is 20.1. The molecule has 6 nitrogen and oxygen atoms in total. The number of rotatable bonds is 7. The zero-order valence-corrected chi connectivity index (χ0v) is 15.9. The number of carbonyl (C=O) groups excluding carboxylic acids is 1. The summed E-state index contributed by atoms with van der Waals surface area (Å²) in [7, 11) is 1.59. The predicted octanol–water partition coefficient (Wildman–Crippen LogP) is 2.03. The zero-order valence-electron chi connectivity index (χ0n) is 15.9. The van der Waals surface area contributed by atoms with E-state index in [0.29, 0.717) is 44.0 Å². The van der Waals surface area contributed by atoms with Crippen molar-refractivity contribution >= 4 is 5.91 Å². The van der Waals surface area contributed by atoms with Gasteiger partial charge in [0.2, 0.25) is 0 Å². The van der Waals surface area contributed by atoms with Crippen LogP contribution in [0.2, 0.25) is 0 Å². The van der Waals surface area contributed by atoms with Crippen LogP contribution >= 0.6 is 0 Å². The van der Waals surface area contributed by atoms with Crippen molar-refractivity contribution < 1.29 is 23.8 Å². The number of β-amino-alcohol motifs (C(OH)–C–C–N with tert-alkyl or cyclic N) is 1. The number of carbonyl (C=O) groups is 1. The molecule has 7 heteroatoms. The summed E-state index contributed by atoms with van der Waals surface area (Å²) in [6, 6.07) is 12.8. The molecule has 2 aromatic rings. The lowest BCUT2D eigenvalue weighted by molar-refractivity contribution is 0.0403. The van der Waals surface area contributed by atoms with Gasteiger partial charge in [0.1, 0.15) is 30.0 Å². The number of ether oxygens (including phenoxy) is 2. The van der Waals surface area contributed by atoms with E-state index in [4.69, 9.17) is 9.47 Å². The van der Waals surface area contributed by atoms with Gasteiger partial charge in [-0.05, 0) is 48.5 Å². The van der Waals surface area contributed by atoms with E-state index in [1.807, 2.05) is 4.90 Å². The molecule has 1 N–H and O–H groups in total. The van der Waals surface area contributed by atoms with Crippen LogP contribution in [0.4, 0.5) is 4.39 Å². The van der Waals surface area contributed by atoms with Gasteiger partial charge in [0.25, 0.3) is 5.91 Å². The third kappa shape index (κ3) is 5.43. The maximum absolute atomic E-state index is 12.9. The fourth-order valence-corrected chi connectivity index (χ4v) is 3.12. The molecule has 3 rings (SSSR count). The summed E-state index contributed by atoms with van der Waals surface area (Å²) in [5.41, 5.74) is 0.641. The fourth-order valence-electron chi connectivity index (χ4n) is 3.12. The van der Waals surface area contributed by atoms with Crippen LogP contribution in [0.3, 0.4) is 0 Å². The van der Waals surface area contributed by atoms with E-state index < -0.39 is 6.10 Å². The minimum absolute atomic E-state index is 0.00231. The monoisotopic (exact) mass is 388 g/mol. The van der Waals surface area contributed by atoms with Crippen LogP contribution in [-0.2, 0) is 0 Å². The Hall–Kier alpha value is -2.64. The van der Waals surface area contributed by atoms with Gasteiger partial charge in [-0.25, -0.2) is 4.39 Å². The summed E-state index contributed by atoms with van der Waals surface area (Å²) in [6.45, 7) is 3.19. The Balaban J connectivity index is 1.41. The second-order valence-electron chi connectivity index (χ2n) is 6.74. The van der Waals surface area contributed by atoms with Crippen LogP contribution in [0.5, 0.6) is 11.5 Å². The van der Waals surface area contributed by atoms with Gasteiger partial charge in [-0.1, -0.05) is 0 Å². The smallest absolute Gasteiger partial charge is 0.253 e. The quantitative estimate of drug-likeness (QED) is 0.787. The molecule has 0 aromatic heterocycles. The van der Waals surface area contributed by atoms with Crippen molar-refractivity contribution in [2.45, 2.75) is 6.10 Å². The summed E-state index contributed by atoms with van der Waals surface area (Å²) in [5, 5.41) is 10.2. The Morgan fingerprint density at radius 2 is 1.64 bits per heavy atom. The maximum Gasteiger partial charge on any atom is 0.253 e. The Morgan fingerprint density at radius 3 is 2.25 bits per heavy atom. The number of hydrogen-bond acceptors (Lipinski definition) is 5. The van der Waals surface area contributed by atoms with E-state index in [-0.39, 0.29) is 18.3 Å². The Bertz CT molecular complexity index is 759. The minimum Gasteiger partial charge on any atom is -0.497 e. The van der Waals surface area contributed by atoms with Gasteiger partial charge in [0, 0.05) is 38.3 Å². The first-order chi connectivity index (χ1) is 13.5. The number of nitrogens with zero attached hydrogens (tertiary/aromatic N) is 2. The molecular formula is C21H25FN2O4. The SMILES string of the molecule is COc1ccc(C(=O)N2CCN(CC(O)COc3ccc(F)cc3)CC2)cc1. The van der Waals surface area contributed by atoms with Gasteiger partial charge in [-0.3, -0.25) is 9.69 Å². The molecule has 1 unspecified atom stereocenters. The van der Waals surface area contributed by atoms with Gasteiger partial charge < -0.3 is 19.5 Å². The van der Waals surface area contributed by atoms with Crippen molar-refractivity contribution in [1.82, 2.24) is 9.80 Å². The molecule has 0 aliphatic carbocycles. The van der Waals surface area contributed by atoms with Crippen LogP contribution in [-0.4, -0.2) is 73.4 Å². The van der Waals surface area contributed by atoms with Crippen LogP contribution < -0.4 is 9.47 Å². The van der Waals surface area contributed by atoms with E-state index in [9.17, 15) is 14.3 Å². The maximum atomic E-state index is 12.9. The molecule has 1 aliphatic rings. The van der Waals surface area contributed by atoms with Crippen LogP contribution in [0, 0.1) is 5.82 Å². The second kappa shape index (κ2) is 9.52. The number of benzene rings is 2. The predicted molar refractivity (Wildman–Crippen MR) is 103 cm³/mol. The molecule has 0 spiro atoms. The summed E-state index contributed by atoms with van der Waals surface area (Å²) < 4.78 is 23.5. The molecule has 1 atom stereocenters. The van der Waals surface area contributed by atoms with Crippen molar-refractivity contribution in [3.05, 3.63) is 59.9 Å². The van der Waals surface area contributed by atoms with Crippen molar-refractivity contribution in [1.29, 1.82) is 0 Å². The van der Waals surface area contributed by atoms with Gasteiger partial charge in [0.05, 0.1) is 7.11 Å². The van der Waals surface area contributed by atoms with Gasteiger partial charge in [-0.15, -0.1) is 0 Å². The topological polar surface area (TPSA) is 62.2 Å². The third-order valence-corrected chi connectivity index (χ3v) is 4.72. The third-order valence-electron chi connectivity index (χ3n) is 4.72. The molecule has 0 saturated carbocycles. The molecule has 28 heavy (non-hydrogen) atoms. The lowest BCUT2D eigenvalue weighted by atomic mass is 10.1. The molecule has 1 amide bonds. The average Bonchev–Trinajstić information content (AvgIpc) is 2.73. The van der Waals surface area contributed by atoms with E-state index in [1.54, 1.807) is 31.4 Å². The number of aliphatic hydroxyl groups excluding tert-OH is 1. The van der Waals surface area contributed by atoms with Crippen LogP contribution in [0.15, 0.2) is 48.5 Å². The van der Waals surface area contributed by atoms with E-state index in [2.05, 4.69) is 4.90 Å². The summed E-state index contributed by atoms with van der Waals surface area (Å²) in [6.07, 6.45) is -0.658. The normalized spacial score (nSPS) is 15.9. The number of amides is 1. The van der Waals surface area contributed by atoms with E-state index in [0.717, 1.165) is 5.75 Å². The molecule has 0 radical (unpaired) electrons. The average molecular weight is 388 g/mol. The summed E-state index contributed by atoms with van der Waals surface area (Å²) in [4.78, 5) is 16.5. The number of piperazine rings is 1. The second-order valence-corrected chi connectivity index (χ2v) is 6.74. The lowest BCUT2D eigenvalue weighted by Gasteiger charge is -2.35. The van der Waals surface area contributed by atoms with Crippen molar-refractivity contribution in [3.8, 4) is 11.5 Å². The van der Waals surface area contributed by atoms with Crippen molar-refractivity contribution in [2.24, 2.45) is 0 Å². The van der Waals surface area contributed by atoms with Crippen molar-refractivity contribution in [3.63, 3.8) is 0 Å². The highest BCUT2D eigenvalue weighted by molar-refractivity contribution is 5.94. The number of methoxy groups -OCH3 is 1. The molecule has 1 heterocycles. The van der Waals surface area contributed by atoms with Gasteiger partial charge >= 0.3 is 0 Å². The highest BCUT2D eigenvalue weighted by Gasteiger charge is 2.23. The number of halogens is 1. The Kier molecular flexibility index (Phi) is 6.84. The first-order valence-electron chi connectivity index (χ1n) is 9.27. The highest BCUT2D eigenvalue weighted by Crippen LogP contribution is 2.15. The van der Waals surface area contributed by atoms with Gasteiger partial charge in [-0.2, -0.15) is 0 Å². The van der Waals surface area contributed by atoms with Crippen molar-refractivity contribution in [2.75, 3.05) is 46.4 Å². The molecule has 1 saturated heterocycles. The minimum atomic E-state index is -0.658.